The molecule has 0 aliphatic rings. The molecule has 0 fully saturated rings. The first kappa shape index (κ1) is 12.8. The number of hydrogen-bond donors (Lipinski definition) is 1. The number of Topliss-reactive ketones (excluding diaryl/α,β-unsaturated/α-hetero) is 1. The number of nitrogens with two attached hydrogens (primary N) is 1. The van der Waals surface area contributed by atoms with Gasteiger partial charge >= 0.3 is 5.69 Å². The number of rotatable bonds is 3. The van der Waals surface area contributed by atoms with Crippen LogP contribution in [-0.4, -0.2) is 17.3 Å². The molecule has 0 saturated heterocycles. The molecule has 0 spiro atoms. The van der Waals surface area contributed by atoms with Gasteiger partial charge in [-0.2, -0.15) is 0 Å². The standard InChI is InChI=1S/C8H5Cl2FN2O3/c9-6-3(5(14)2-12)1-4(11)7(10)8(6)13(15)16/h1H,2,12H2. The molecule has 0 amide bonds. The van der Waals surface area contributed by atoms with Crippen molar-refractivity contribution in [2.75, 3.05) is 6.54 Å². The minimum absolute atomic E-state index is 0.349. The monoisotopic (exact) mass is 266 g/mol. The Morgan fingerprint density at radius 1 is 1.50 bits per heavy atom. The highest BCUT2D eigenvalue weighted by atomic mass is 35.5. The van der Waals surface area contributed by atoms with Gasteiger partial charge in [0.25, 0.3) is 0 Å². The molecule has 8 heteroatoms. The van der Waals surface area contributed by atoms with Crippen molar-refractivity contribution >= 4 is 34.7 Å². The van der Waals surface area contributed by atoms with E-state index in [2.05, 4.69) is 0 Å². The van der Waals surface area contributed by atoms with Gasteiger partial charge in [-0.25, -0.2) is 4.39 Å². The number of ketones is 1. The first-order valence-electron chi connectivity index (χ1n) is 3.95. The van der Waals surface area contributed by atoms with Gasteiger partial charge in [-0.3, -0.25) is 14.9 Å². The summed E-state index contributed by atoms with van der Waals surface area (Å²) in [5.74, 6) is -1.79. The third-order valence-corrected chi connectivity index (χ3v) is 2.54. The lowest BCUT2D eigenvalue weighted by atomic mass is 10.1. The van der Waals surface area contributed by atoms with Crippen molar-refractivity contribution in [1.82, 2.24) is 0 Å². The number of carbonyl (C=O) groups is 1. The molecule has 0 aromatic heterocycles. The molecule has 1 rings (SSSR count). The zero-order valence-corrected chi connectivity index (χ0v) is 9.18. The van der Waals surface area contributed by atoms with Crippen molar-refractivity contribution in [2.24, 2.45) is 5.73 Å². The van der Waals surface area contributed by atoms with Gasteiger partial charge in [0.05, 0.1) is 11.5 Å². The highest BCUT2D eigenvalue weighted by Crippen LogP contribution is 2.37. The summed E-state index contributed by atoms with van der Waals surface area (Å²) in [4.78, 5) is 20.9. The van der Waals surface area contributed by atoms with Crippen LogP contribution < -0.4 is 5.73 Å². The average Bonchev–Trinajstić information content (AvgIpc) is 2.22. The summed E-state index contributed by atoms with van der Waals surface area (Å²) in [6, 6.07) is 0.729. The Labute approximate surface area is 99.1 Å². The van der Waals surface area contributed by atoms with E-state index < -0.39 is 38.8 Å². The number of benzene rings is 1. The van der Waals surface area contributed by atoms with Gasteiger partial charge < -0.3 is 5.73 Å². The van der Waals surface area contributed by atoms with Crippen LogP contribution in [0.1, 0.15) is 10.4 Å². The van der Waals surface area contributed by atoms with Crippen LogP contribution in [0, 0.1) is 15.9 Å². The second kappa shape index (κ2) is 4.73. The Morgan fingerprint density at radius 3 is 2.50 bits per heavy atom. The average molecular weight is 267 g/mol. The maximum Gasteiger partial charge on any atom is 0.310 e. The van der Waals surface area contributed by atoms with E-state index in [0.717, 1.165) is 6.07 Å². The molecule has 1 aromatic rings. The molecule has 1 aromatic carbocycles. The van der Waals surface area contributed by atoms with Crippen molar-refractivity contribution in [3.8, 4) is 0 Å². The van der Waals surface area contributed by atoms with Gasteiger partial charge in [0.15, 0.2) is 10.8 Å². The summed E-state index contributed by atoms with van der Waals surface area (Å²) < 4.78 is 13.2. The van der Waals surface area contributed by atoms with Crippen molar-refractivity contribution in [2.45, 2.75) is 0 Å². The summed E-state index contributed by atoms with van der Waals surface area (Å²) in [6.45, 7) is -0.433. The number of hydrogen-bond acceptors (Lipinski definition) is 4. The van der Waals surface area contributed by atoms with E-state index in [9.17, 15) is 19.3 Å². The molecule has 16 heavy (non-hydrogen) atoms. The van der Waals surface area contributed by atoms with Gasteiger partial charge in [-0.1, -0.05) is 23.2 Å². The summed E-state index contributed by atoms with van der Waals surface area (Å²) in [6.07, 6.45) is 0. The fourth-order valence-corrected chi connectivity index (χ4v) is 1.65. The quantitative estimate of drug-likeness (QED) is 0.393. The molecule has 0 saturated carbocycles. The van der Waals surface area contributed by atoms with Crippen LogP contribution in [0.4, 0.5) is 10.1 Å². The summed E-state index contributed by atoms with van der Waals surface area (Å²) in [7, 11) is 0. The number of halogens is 3. The van der Waals surface area contributed by atoms with Gasteiger partial charge in [0.1, 0.15) is 10.8 Å². The zero-order valence-electron chi connectivity index (χ0n) is 7.67. The smallest absolute Gasteiger partial charge is 0.310 e. The Kier molecular flexibility index (Phi) is 3.79. The first-order chi connectivity index (χ1) is 7.40. The Morgan fingerprint density at radius 2 is 2.06 bits per heavy atom. The Hall–Kier alpha value is -1.24. The molecule has 0 aliphatic carbocycles. The molecule has 2 N–H and O–H groups in total. The molecular formula is C8H5Cl2FN2O3. The fourth-order valence-electron chi connectivity index (χ4n) is 1.06. The lowest BCUT2D eigenvalue weighted by Crippen LogP contribution is -2.15. The highest BCUT2D eigenvalue weighted by Gasteiger charge is 2.27. The predicted molar refractivity (Wildman–Crippen MR) is 56.5 cm³/mol. The second-order valence-electron chi connectivity index (χ2n) is 2.77. The third-order valence-electron chi connectivity index (χ3n) is 1.80. The normalized spacial score (nSPS) is 10.2. The van der Waals surface area contributed by atoms with E-state index in [0.29, 0.717) is 0 Å². The van der Waals surface area contributed by atoms with Crippen LogP contribution in [0.25, 0.3) is 0 Å². The van der Waals surface area contributed by atoms with Gasteiger partial charge in [0, 0.05) is 5.56 Å². The topological polar surface area (TPSA) is 86.2 Å². The summed E-state index contributed by atoms with van der Waals surface area (Å²) in [5, 5.41) is 9.35. The Balaban J connectivity index is 3.56. The second-order valence-corrected chi connectivity index (χ2v) is 3.52. The largest absolute Gasteiger partial charge is 0.324 e. The van der Waals surface area contributed by atoms with E-state index in [1.807, 2.05) is 0 Å². The van der Waals surface area contributed by atoms with Gasteiger partial charge in [0.2, 0.25) is 0 Å². The van der Waals surface area contributed by atoms with E-state index in [1.54, 1.807) is 0 Å². The maximum atomic E-state index is 13.2. The van der Waals surface area contributed by atoms with Crippen molar-refractivity contribution in [1.29, 1.82) is 0 Å². The summed E-state index contributed by atoms with van der Waals surface area (Å²) >= 11 is 11.0. The molecule has 0 aliphatic heterocycles. The third kappa shape index (κ3) is 2.13. The van der Waals surface area contributed by atoms with Crippen LogP contribution in [0.5, 0.6) is 0 Å². The van der Waals surface area contributed by atoms with Crippen LogP contribution in [-0.2, 0) is 0 Å². The molecule has 0 unspecified atom stereocenters. The SMILES string of the molecule is NCC(=O)c1cc(F)c(Cl)c([N+](=O)[O-])c1Cl. The van der Waals surface area contributed by atoms with Crippen molar-refractivity contribution in [3.63, 3.8) is 0 Å². The number of nitro benzene ring substituents is 1. The Bertz CT molecular complexity index is 479. The number of nitro groups is 1. The molecule has 5 nitrogen and oxygen atoms in total. The van der Waals surface area contributed by atoms with Crippen molar-refractivity contribution in [3.05, 3.63) is 37.6 Å². The summed E-state index contributed by atoms with van der Waals surface area (Å²) in [5.41, 5.74) is 3.87. The minimum Gasteiger partial charge on any atom is -0.324 e. The van der Waals surface area contributed by atoms with Crippen LogP contribution in [0.3, 0.4) is 0 Å². The van der Waals surface area contributed by atoms with Crippen LogP contribution in [0.2, 0.25) is 10.0 Å². The molecule has 0 radical (unpaired) electrons. The number of nitrogens with zero attached hydrogens (tertiary/aromatic N) is 1. The van der Waals surface area contributed by atoms with E-state index in [-0.39, 0.29) is 5.56 Å². The van der Waals surface area contributed by atoms with E-state index in [1.165, 1.54) is 0 Å². The van der Waals surface area contributed by atoms with Crippen LogP contribution in [0.15, 0.2) is 6.07 Å². The predicted octanol–water partition coefficient (Wildman–Crippen LogP) is 2.18. The molecular weight excluding hydrogens is 262 g/mol. The fraction of sp³-hybridized carbons (Fsp3) is 0.125. The zero-order chi connectivity index (χ0) is 12.5. The molecule has 0 heterocycles. The minimum atomic E-state index is -1.09. The number of carbonyl (C=O) groups excluding carboxylic acids is 1. The highest BCUT2D eigenvalue weighted by molar-refractivity contribution is 6.40. The van der Waals surface area contributed by atoms with E-state index in [4.69, 9.17) is 28.9 Å². The molecule has 0 bridgehead atoms. The lowest BCUT2D eigenvalue weighted by Gasteiger charge is -2.05. The van der Waals surface area contributed by atoms with E-state index >= 15 is 0 Å². The maximum absolute atomic E-state index is 13.2. The van der Waals surface area contributed by atoms with Crippen molar-refractivity contribution < 1.29 is 14.1 Å². The first-order valence-corrected chi connectivity index (χ1v) is 4.70. The lowest BCUT2D eigenvalue weighted by molar-refractivity contribution is -0.384. The molecule has 86 valence electrons. The van der Waals surface area contributed by atoms with Gasteiger partial charge in [-0.05, 0) is 6.07 Å². The van der Waals surface area contributed by atoms with Gasteiger partial charge in [-0.15, -0.1) is 0 Å². The molecule has 0 atom stereocenters. The van der Waals surface area contributed by atoms with Crippen LogP contribution >= 0.6 is 23.2 Å².